The normalized spacial score (nSPS) is 29.7. The minimum Gasteiger partial charge on any atom is -0.370 e. The average molecular weight is 294 g/mol. The van der Waals surface area contributed by atoms with Crippen LogP contribution in [0.3, 0.4) is 0 Å². The Bertz CT molecular complexity index is 308. The molecule has 21 heavy (non-hydrogen) atoms. The molecular formula is C18H34N2O. The van der Waals surface area contributed by atoms with Crippen molar-refractivity contribution in [3.8, 4) is 0 Å². The Kier molecular flexibility index (Phi) is 5.58. The maximum atomic E-state index is 6.59. The van der Waals surface area contributed by atoms with Crippen LogP contribution < -0.4 is 5.73 Å². The molecule has 0 amide bonds. The summed E-state index contributed by atoms with van der Waals surface area (Å²) in [5.74, 6) is 0. The van der Waals surface area contributed by atoms with Crippen LogP contribution in [0.2, 0.25) is 0 Å². The minimum atomic E-state index is 0.276. The second-order valence-electron chi connectivity index (χ2n) is 7.60. The summed E-state index contributed by atoms with van der Waals surface area (Å²) in [6.07, 6.45) is 16.6. The number of nitrogens with zero attached hydrogens (tertiary/aromatic N) is 1. The topological polar surface area (TPSA) is 38.5 Å². The molecule has 1 aliphatic heterocycles. The third-order valence-corrected chi connectivity index (χ3v) is 6.03. The Labute approximate surface area is 130 Å². The van der Waals surface area contributed by atoms with E-state index >= 15 is 0 Å². The predicted molar refractivity (Wildman–Crippen MR) is 87.4 cm³/mol. The first kappa shape index (κ1) is 15.8. The Morgan fingerprint density at radius 1 is 0.952 bits per heavy atom. The molecular weight excluding hydrogens is 260 g/mol. The fraction of sp³-hybridized carbons (Fsp3) is 1.00. The summed E-state index contributed by atoms with van der Waals surface area (Å²) in [5.41, 5.74) is 6.01. The van der Waals surface area contributed by atoms with Crippen LogP contribution in [0.4, 0.5) is 0 Å². The number of nitrogens with two attached hydrogens (primary N) is 1. The molecule has 1 heterocycles. The summed E-state index contributed by atoms with van der Waals surface area (Å²) in [4.78, 5) is 2.71. The Morgan fingerprint density at radius 3 is 2.43 bits per heavy atom. The van der Waals surface area contributed by atoms with Crippen LogP contribution in [-0.4, -0.2) is 42.3 Å². The van der Waals surface area contributed by atoms with Gasteiger partial charge in [0.25, 0.3) is 0 Å². The highest BCUT2D eigenvalue weighted by Gasteiger charge is 2.41. The van der Waals surface area contributed by atoms with Crippen molar-refractivity contribution >= 4 is 0 Å². The van der Waals surface area contributed by atoms with E-state index in [0.717, 1.165) is 25.6 Å². The van der Waals surface area contributed by atoms with Crippen molar-refractivity contribution < 1.29 is 4.74 Å². The van der Waals surface area contributed by atoms with Crippen molar-refractivity contribution in [2.24, 2.45) is 5.73 Å². The first-order valence-corrected chi connectivity index (χ1v) is 9.43. The molecule has 1 saturated heterocycles. The summed E-state index contributed by atoms with van der Waals surface area (Å²) in [5, 5.41) is 0. The van der Waals surface area contributed by atoms with E-state index in [4.69, 9.17) is 10.5 Å². The lowest BCUT2D eigenvalue weighted by Crippen LogP contribution is -2.41. The lowest BCUT2D eigenvalue weighted by atomic mass is 9.83. The van der Waals surface area contributed by atoms with Crippen LogP contribution in [0, 0.1) is 0 Å². The van der Waals surface area contributed by atoms with Gasteiger partial charge in [0.2, 0.25) is 0 Å². The van der Waals surface area contributed by atoms with Crippen molar-refractivity contribution in [2.45, 2.75) is 94.8 Å². The van der Waals surface area contributed by atoms with Gasteiger partial charge < -0.3 is 10.5 Å². The summed E-state index contributed by atoms with van der Waals surface area (Å²) < 4.78 is 6.59. The van der Waals surface area contributed by atoms with Crippen LogP contribution in [0.15, 0.2) is 0 Å². The first-order valence-electron chi connectivity index (χ1n) is 9.43. The fourth-order valence-electron chi connectivity index (χ4n) is 4.84. The molecule has 122 valence electrons. The van der Waals surface area contributed by atoms with Gasteiger partial charge in [-0.3, -0.25) is 4.90 Å². The molecule has 2 saturated carbocycles. The molecule has 3 nitrogen and oxygen atoms in total. The van der Waals surface area contributed by atoms with Gasteiger partial charge in [-0.25, -0.2) is 0 Å². The van der Waals surface area contributed by atoms with Crippen LogP contribution in [0.25, 0.3) is 0 Å². The van der Waals surface area contributed by atoms with Gasteiger partial charge in [0.1, 0.15) is 0 Å². The molecule has 0 aromatic carbocycles. The largest absolute Gasteiger partial charge is 0.370 e. The molecule has 0 aromatic heterocycles. The van der Waals surface area contributed by atoms with Gasteiger partial charge in [-0.1, -0.05) is 32.1 Å². The summed E-state index contributed by atoms with van der Waals surface area (Å²) >= 11 is 0. The first-order chi connectivity index (χ1) is 10.3. The maximum Gasteiger partial charge on any atom is 0.0710 e. The summed E-state index contributed by atoms with van der Waals surface area (Å²) in [6.45, 7) is 3.15. The van der Waals surface area contributed by atoms with Gasteiger partial charge in [0, 0.05) is 12.6 Å². The second-order valence-corrected chi connectivity index (χ2v) is 7.60. The van der Waals surface area contributed by atoms with Crippen LogP contribution in [-0.2, 0) is 4.74 Å². The summed E-state index contributed by atoms with van der Waals surface area (Å²) in [6, 6.07) is 0.808. The molecule has 1 unspecified atom stereocenters. The number of ether oxygens (including phenoxy) is 1. The van der Waals surface area contributed by atoms with Crippen LogP contribution >= 0.6 is 0 Å². The molecule has 3 heteroatoms. The third-order valence-electron chi connectivity index (χ3n) is 6.03. The van der Waals surface area contributed by atoms with E-state index in [0.29, 0.717) is 6.10 Å². The van der Waals surface area contributed by atoms with Crippen molar-refractivity contribution in [3.63, 3.8) is 0 Å². The van der Waals surface area contributed by atoms with E-state index in [1.54, 1.807) is 0 Å². The molecule has 3 rings (SSSR count). The zero-order valence-corrected chi connectivity index (χ0v) is 13.7. The highest BCUT2D eigenvalue weighted by molar-refractivity contribution is 4.92. The monoisotopic (exact) mass is 294 g/mol. The number of hydrogen-bond donors (Lipinski definition) is 1. The second kappa shape index (κ2) is 7.43. The maximum absolute atomic E-state index is 6.59. The molecule has 0 radical (unpaired) electrons. The number of rotatable bonds is 6. The molecule has 2 N–H and O–H groups in total. The molecule has 3 aliphatic rings. The zero-order valence-electron chi connectivity index (χ0n) is 13.7. The lowest BCUT2D eigenvalue weighted by molar-refractivity contribution is -0.0746. The van der Waals surface area contributed by atoms with Crippen LogP contribution in [0.5, 0.6) is 0 Å². The molecule has 2 aliphatic carbocycles. The third kappa shape index (κ3) is 4.00. The van der Waals surface area contributed by atoms with Crippen molar-refractivity contribution in [1.82, 2.24) is 4.90 Å². The van der Waals surface area contributed by atoms with Crippen molar-refractivity contribution in [2.75, 3.05) is 19.6 Å². The molecule has 0 aromatic rings. The van der Waals surface area contributed by atoms with Gasteiger partial charge in [0.15, 0.2) is 0 Å². The lowest BCUT2D eigenvalue weighted by Gasteiger charge is -2.35. The van der Waals surface area contributed by atoms with E-state index in [1.165, 1.54) is 77.2 Å². The molecule has 3 fully saturated rings. The predicted octanol–water partition coefficient (Wildman–Crippen LogP) is 3.46. The van der Waals surface area contributed by atoms with E-state index in [1.807, 2.05) is 0 Å². The Balaban J connectivity index is 1.52. The van der Waals surface area contributed by atoms with Crippen LogP contribution in [0.1, 0.15) is 77.0 Å². The van der Waals surface area contributed by atoms with Crippen molar-refractivity contribution in [3.05, 3.63) is 0 Å². The molecule has 0 bridgehead atoms. The highest BCUT2D eigenvalue weighted by atomic mass is 16.5. The zero-order chi connectivity index (χ0) is 14.5. The number of hydrogen-bond acceptors (Lipinski definition) is 3. The van der Waals surface area contributed by atoms with Gasteiger partial charge in [-0.2, -0.15) is 0 Å². The average Bonchev–Trinajstić information content (AvgIpc) is 3.15. The van der Waals surface area contributed by atoms with E-state index in [-0.39, 0.29) is 5.60 Å². The Hall–Kier alpha value is -0.120. The summed E-state index contributed by atoms with van der Waals surface area (Å²) in [7, 11) is 0. The molecule has 1 atom stereocenters. The highest BCUT2D eigenvalue weighted by Crippen LogP contribution is 2.42. The van der Waals surface area contributed by atoms with E-state index in [9.17, 15) is 0 Å². The quantitative estimate of drug-likeness (QED) is 0.815. The minimum absolute atomic E-state index is 0.276. The fourth-order valence-corrected chi connectivity index (χ4v) is 4.84. The molecule has 1 spiro atoms. The smallest absolute Gasteiger partial charge is 0.0710 e. The van der Waals surface area contributed by atoms with E-state index < -0.39 is 0 Å². The standard InChI is InChI=1S/C18H34N2O/c19-13-6-14-20(16-7-2-3-8-16)15-17-9-12-18(21-17)10-4-1-5-11-18/h16-17H,1-15,19H2. The van der Waals surface area contributed by atoms with Gasteiger partial charge in [0.05, 0.1) is 11.7 Å². The van der Waals surface area contributed by atoms with Gasteiger partial charge >= 0.3 is 0 Å². The van der Waals surface area contributed by atoms with Gasteiger partial charge in [-0.05, 0) is 58.0 Å². The van der Waals surface area contributed by atoms with Crippen molar-refractivity contribution in [1.29, 1.82) is 0 Å². The van der Waals surface area contributed by atoms with Gasteiger partial charge in [-0.15, -0.1) is 0 Å². The SMILES string of the molecule is NCCCN(CC1CCC2(CCCCC2)O1)C1CCCC1. The Morgan fingerprint density at radius 2 is 1.71 bits per heavy atom. The van der Waals surface area contributed by atoms with E-state index in [2.05, 4.69) is 4.90 Å².